The van der Waals surface area contributed by atoms with Gasteiger partial charge in [0.25, 0.3) is 0 Å². The van der Waals surface area contributed by atoms with Crippen LogP contribution in [0.1, 0.15) is 24.1 Å². The first-order valence-corrected chi connectivity index (χ1v) is 6.91. The van der Waals surface area contributed by atoms with Crippen LogP contribution in [0.2, 0.25) is 5.02 Å². The van der Waals surface area contributed by atoms with Crippen LogP contribution in [0.3, 0.4) is 0 Å². The maximum atomic E-state index is 6.07. The van der Waals surface area contributed by atoms with Gasteiger partial charge in [-0.2, -0.15) is 0 Å². The number of nitrogens with one attached hydrogen (secondary N) is 1. The van der Waals surface area contributed by atoms with Gasteiger partial charge in [0.15, 0.2) is 0 Å². The van der Waals surface area contributed by atoms with Gasteiger partial charge in [-0.15, -0.1) is 0 Å². The average molecular weight is 326 g/mol. The summed E-state index contributed by atoms with van der Waals surface area (Å²) in [6.45, 7) is 2.87. The molecule has 1 aromatic heterocycles. The molecule has 0 unspecified atom stereocenters. The van der Waals surface area contributed by atoms with Crippen molar-refractivity contribution in [2.75, 3.05) is 0 Å². The maximum Gasteiger partial charge on any atom is 0.0634 e. The molecule has 0 aliphatic heterocycles. The normalized spacial score (nSPS) is 12.4. The summed E-state index contributed by atoms with van der Waals surface area (Å²) < 4.78 is 1.09. The van der Waals surface area contributed by atoms with Gasteiger partial charge in [-0.25, -0.2) is 0 Å². The number of benzene rings is 1. The smallest absolute Gasteiger partial charge is 0.0634 e. The number of hydrogen-bond acceptors (Lipinski definition) is 2. The highest BCUT2D eigenvalue weighted by Crippen LogP contribution is 2.19. The van der Waals surface area contributed by atoms with Crippen molar-refractivity contribution in [2.24, 2.45) is 0 Å². The molecule has 0 amide bonds. The first kappa shape index (κ1) is 13.5. The van der Waals surface area contributed by atoms with E-state index in [1.165, 1.54) is 5.56 Å². The molecule has 0 aliphatic rings. The molecule has 0 radical (unpaired) electrons. The molecule has 18 heavy (non-hydrogen) atoms. The van der Waals surface area contributed by atoms with Crippen LogP contribution in [0.4, 0.5) is 0 Å². The third-order valence-corrected chi connectivity index (χ3v) is 3.64. The number of rotatable bonds is 4. The fourth-order valence-electron chi connectivity index (χ4n) is 1.70. The van der Waals surface area contributed by atoms with E-state index in [0.717, 1.165) is 16.6 Å². The van der Waals surface area contributed by atoms with Gasteiger partial charge in [-0.3, -0.25) is 4.98 Å². The second-order valence-electron chi connectivity index (χ2n) is 4.12. The van der Waals surface area contributed by atoms with Gasteiger partial charge < -0.3 is 5.32 Å². The maximum absolute atomic E-state index is 6.07. The van der Waals surface area contributed by atoms with E-state index in [9.17, 15) is 0 Å². The van der Waals surface area contributed by atoms with Crippen LogP contribution in [-0.2, 0) is 6.54 Å². The molecule has 0 saturated carbocycles. The Kier molecular flexibility index (Phi) is 4.75. The molecule has 0 saturated heterocycles. The highest BCUT2D eigenvalue weighted by Gasteiger charge is 2.06. The Labute approximate surface area is 121 Å². The van der Waals surface area contributed by atoms with Crippen molar-refractivity contribution in [3.8, 4) is 0 Å². The van der Waals surface area contributed by atoms with Crippen molar-refractivity contribution in [3.05, 3.63) is 63.3 Å². The summed E-state index contributed by atoms with van der Waals surface area (Å²) in [6.07, 6.45) is 3.43. The van der Waals surface area contributed by atoms with E-state index in [1.54, 1.807) is 12.4 Å². The lowest BCUT2D eigenvalue weighted by atomic mass is 10.1. The number of hydrogen-bond donors (Lipinski definition) is 1. The summed E-state index contributed by atoms with van der Waals surface area (Å²) in [6, 6.07) is 10.5. The molecular formula is C14H14BrClN2. The van der Waals surface area contributed by atoms with Crippen molar-refractivity contribution < 1.29 is 0 Å². The van der Waals surface area contributed by atoms with E-state index >= 15 is 0 Å². The Morgan fingerprint density at radius 3 is 2.94 bits per heavy atom. The molecular weight excluding hydrogens is 312 g/mol. The highest BCUT2D eigenvalue weighted by atomic mass is 79.9. The second kappa shape index (κ2) is 6.32. The second-order valence-corrected chi connectivity index (χ2v) is 5.45. The van der Waals surface area contributed by atoms with E-state index < -0.39 is 0 Å². The first-order valence-electron chi connectivity index (χ1n) is 5.74. The van der Waals surface area contributed by atoms with Crippen LogP contribution < -0.4 is 5.32 Å². The summed E-state index contributed by atoms with van der Waals surface area (Å²) in [5, 5.41) is 4.15. The van der Waals surface area contributed by atoms with Crippen LogP contribution in [-0.4, -0.2) is 4.98 Å². The minimum atomic E-state index is 0.270. The van der Waals surface area contributed by atoms with E-state index in [4.69, 9.17) is 11.6 Å². The Bertz CT molecular complexity index is 531. The molecule has 0 bridgehead atoms. The molecule has 1 aromatic carbocycles. The standard InChI is InChI=1S/C14H14BrClN2/c1-10(11-3-2-4-13(15)7-11)18-8-12-5-6-17-9-14(12)16/h2-7,9-10,18H,8H2,1H3/t10-/m0/s1. The Balaban J connectivity index is 2.00. The Morgan fingerprint density at radius 2 is 2.22 bits per heavy atom. The third kappa shape index (κ3) is 3.55. The first-order chi connectivity index (χ1) is 8.66. The molecule has 1 atom stereocenters. The summed E-state index contributed by atoms with van der Waals surface area (Å²) in [4.78, 5) is 3.98. The average Bonchev–Trinajstić information content (AvgIpc) is 2.37. The van der Waals surface area contributed by atoms with Crippen molar-refractivity contribution in [2.45, 2.75) is 19.5 Å². The number of halogens is 2. The van der Waals surface area contributed by atoms with Crippen LogP contribution in [0.5, 0.6) is 0 Å². The van der Waals surface area contributed by atoms with Crippen molar-refractivity contribution in [3.63, 3.8) is 0 Å². The zero-order chi connectivity index (χ0) is 13.0. The van der Waals surface area contributed by atoms with Crippen LogP contribution in [0.15, 0.2) is 47.2 Å². The van der Waals surface area contributed by atoms with Gasteiger partial charge in [0.05, 0.1) is 5.02 Å². The van der Waals surface area contributed by atoms with Gasteiger partial charge in [0, 0.05) is 29.5 Å². The van der Waals surface area contributed by atoms with E-state index in [1.807, 2.05) is 18.2 Å². The molecule has 2 rings (SSSR count). The summed E-state index contributed by atoms with van der Waals surface area (Å²) >= 11 is 9.55. The minimum absolute atomic E-state index is 0.270. The largest absolute Gasteiger partial charge is 0.306 e. The molecule has 1 N–H and O–H groups in total. The topological polar surface area (TPSA) is 24.9 Å². The third-order valence-electron chi connectivity index (χ3n) is 2.80. The molecule has 94 valence electrons. The molecule has 0 aliphatic carbocycles. The minimum Gasteiger partial charge on any atom is -0.306 e. The highest BCUT2D eigenvalue weighted by molar-refractivity contribution is 9.10. The van der Waals surface area contributed by atoms with Crippen molar-refractivity contribution in [1.82, 2.24) is 10.3 Å². The fraction of sp³-hybridized carbons (Fsp3) is 0.214. The predicted molar refractivity (Wildman–Crippen MR) is 78.6 cm³/mol. The van der Waals surface area contributed by atoms with E-state index in [0.29, 0.717) is 5.02 Å². The lowest BCUT2D eigenvalue weighted by Gasteiger charge is -2.15. The van der Waals surface area contributed by atoms with Crippen molar-refractivity contribution >= 4 is 27.5 Å². The quantitative estimate of drug-likeness (QED) is 0.904. The Morgan fingerprint density at radius 1 is 1.39 bits per heavy atom. The molecule has 2 nitrogen and oxygen atoms in total. The molecule has 4 heteroatoms. The Hall–Kier alpha value is -0.900. The number of aromatic nitrogens is 1. The zero-order valence-corrected chi connectivity index (χ0v) is 12.4. The van der Waals surface area contributed by atoms with E-state index in [-0.39, 0.29) is 6.04 Å². The monoisotopic (exact) mass is 324 g/mol. The van der Waals surface area contributed by atoms with Gasteiger partial charge in [0.2, 0.25) is 0 Å². The zero-order valence-electron chi connectivity index (χ0n) is 10.0. The van der Waals surface area contributed by atoms with Gasteiger partial charge >= 0.3 is 0 Å². The number of nitrogens with zero attached hydrogens (tertiary/aromatic N) is 1. The summed E-state index contributed by atoms with van der Waals surface area (Å²) in [7, 11) is 0. The van der Waals surface area contributed by atoms with Crippen LogP contribution >= 0.6 is 27.5 Å². The van der Waals surface area contributed by atoms with Crippen LogP contribution in [0, 0.1) is 0 Å². The van der Waals surface area contributed by atoms with Gasteiger partial charge in [-0.1, -0.05) is 39.7 Å². The number of pyridine rings is 1. The fourth-order valence-corrected chi connectivity index (χ4v) is 2.31. The molecule has 1 heterocycles. The molecule has 0 spiro atoms. The SMILES string of the molecule is C[C@H](NCc1ccncc1Cl)c1cccc(Br)c1. The van der Waals surface area contributed by atoms with Gasteiger partial charge in [-0.05, 0) is 36.2 Å². The van der Waals surface area contributed by atoms with Crippen molar-refractivity contribution in [1.29, 1.82) is 0 Å². The van der Waals surface area contributed by atoms with Crippen LogP contribution in [0.25, 0.3) is 0 Å². The summed E-state index contributed by atoms with van der Waals surface area (Å²) in [5.74, 6) is 0. The predicted octanol–water partition coefficient (Wildman–Crippen LogP) is 4.35. The lowest BCUT2D eigenvalue weighted by Crippen LogP contribution is -2.18. The van der Waals surface area contributed by atoms with Gasteiger partial charge in [0.1, 0.15) is 0 Å². The van der Waals surface area contributed by atoms with E-state index in [2.05, 4.69) is 45.3 Å². The summed E-state index contributed by atoms with van der Waals surface area (Å²) in [5.41, 5.74) is 2.31. The molecule has 0 fully saturated rings. The molecule has 2 aromatic rings. The lowest BCUT2D eigenvalue weighted by molar-refractivity contribution is 0.574.